The molecule has 0 aliphatic carbocycles. The van der Waals surface area contributed by atoms with Gasteiger partial charge in [-0.3, -0.25) is 4.68 Å². The predicted octanol–water partition coefficient (Wildman–Crippen LogP) is 3.17. The predicted molar refractivity (Wildman–Crippen MR) is 82.5 cm³/mol. The van der Waals surface area contributed by atoms with E-state index in [0.717, 1.165) is 16.8 Å². The molecule has 1 N–H and O–H groups in total. The molecule has 0 unspecified atom stereocenters. The molecule has 1 heterocycles. The Morgan fingerprint density at radius 1 is 1.43 bits per heavy atom. The van der Waals surface area contributed by atoms with Crippen LogP contribution in [0.4, 0.5) is 5.69 Å². The second-order valence-corrected chi connectivity index (χ2v) is 5.25. The number of esters is 1. The summed E-state index contributed by atoms with van der Waals surface area (Å²) in [5.41, 5.74) is 3.50. The Balaban J connectivity index is 2.11. The zero-order valence-electron chi connectivity index (χ0n) is 12.9. The first kappa shape index (κ1) is 15.1. The fourth-order valence-electron chi connectivity index (χ4n) is 2.11. The number of nitrogens with zero attached hydrogens (tertiary/aromatic N) is 2. The van der Waals surface area contributed by atoms with Crippen molar-refractivity contribution in [3.05, 3.63) is 47.3 Å². The summed E-state index contributed by atoms with van der Waals surface area (Å²) in [5, 5.41) is 7.65. The number of ether oxygens (including phenoxy) is 1. The monoisotopic (exact) mass is 287 g/mol. The van der Waals surface area contributed by atoms with Crippen molar-refractivity contribution >= 4 is 11.7 Å². The highest BCUT2D eigenvalue weighted by atomic mass is 16.5. The third-order valence-electron chi connectivity index (χ3n) is 3.41. The lowest BCUT2D eigenvalue weighted by Crippen LogP contribution is -2.07. The van der Waals surface area contributed by atoms with Gasteiger partial charge in [0.05, 0.1) is 18.9 Å². The lowest BCUT2D eigenvalue weighted by Gasteiger charge is -2.11. The molecule has 2 rings (SSSR count). The number of aromatic nitrogens is 2. The van der Waals surface area contributed by atoms with Crippen LogP contribution in [0.5, 0.6) is 0 Å². The van der Waals surface area contributed by atoms with Gasteiger partial charge in [0.1, 0.15) is 0 Å². The molecule has 0 saturated heterocycles. The highest BCUT2D eigenvalue weighted by Crippen LogP contribution is 2.20. The van der Waals surface area contributed by atoms with Gasteiger partial charge < -0.3 is 10.1 Å². The summed E-state index contributed by atoms with van der Waals surface area (Å²) >= 11 is 0. The third kappa shape index (κ3) is 3.42. The molecular formula is C16H21N3O2. The highest BCUT2D eigenvalue weighted by Gasteiger charge is 2.11. The lowest BCUT2D eigenvalue weighted by atomic mass is 10.1. The van der Waals surface area contributed by atoms with Crippen LogP contribution in [0, 0.1) is 6.92 Å². The van der Waals surface area contributed by atoms with Gasteiger partial charge in [0.2, 0.25) is 0 Å². The second kappa shape index (κ2) is 6.43. The molecule has 5 heteroatoms. The van der Waals surface area contributed by atoms with E-state index in [0.29, 0.717) is 18.2 Å². The molecule has 2 aromatic rings. The van der Waals surface area contributed by atoms with Gasteiger partial charge in [0.25, 0.3) is 0 Å². The fourth-order valence-corrected chi connectivity index (χ4v) is 2.11. The molecule has 0 amide bonds. The molecule has 0 aliphatic heterocycles. The Hall–Kier alpha value is -2.30. The molecule has 1 aromatic heterocycles. The van der Waals surface area contributed by atoms with Gasteiger partial charge in [-0.2, -0.15) is 5.10 Å². The molecule has 0 radical (unpaired) electrons. The van der Waals surface area contributed by atoms with Gasteiger partial charge in [0, 0.05) is 30.0 Å². The van der Waals surface area contributed by atoms with E-state index in [1.807, 2.05) is 36.1 Å². The van der Waals surface area contributed by atoms with Crippen molar-refractivity contribution in [3.63, 3.8) is 0 Å². The standard InChI is InChI=1S/C16H21N3O2/c1-11(2)19-10-13(9-18-19)8-17-15-7-5-6-14(12(15)3)16(20)21-4/h5-7,9-11,17H,8H2,1-4H3. The van der Waals surface area contributed by atoms with Crippen molar-refractivity contribution in [2.45, 2.75) is 33.4 Å². The van der Waals surface area contributed by atoms with Gasteiger partial charge in [-0.25, -0.2) is 4.79 Å². The van der Waals surface area contributed by atoms with Crippen LogP contribution in [-0.4, -0.2) is 22.9 Å². The maximum absolute atomic E-state index is 11.7. The van der Waals surface area contributed by atoms with Crippen molar-refractivity contribution in [2.75, 3.05) is 12.4 Å². The Morgan fingerprint density at radius 2 is 2.19 bits per heavy atom. The van der Waals surface area contributed by atoms with Crippen LogP contribution in [0.2, 0.25) is 0 Å². The van der Waals surface area contributed by atoms with E-state index in [1.165, 1.54) is 7.11 Å². The van der Waals surface area contributed by atoms with Crippen LogP contribution < -0.4 is 5.32 Å². The number of hydrogen-bond donors (Lipinski definition) is 1. The highest BCUT2D eigenvalue weighted by molar-refractivity contribution is 5.92. The van der Waals surface area contributed by atoms with Crippen molar-refractivity contribution in [1.82, 2.24) is 9.78 Å². The van der Waals surface area contributed by atoms with Crippen molar-refractivity contribution < 1.29 is 9.53 Å². The van der Waals surface area contributed by atoms with Gasteiger partial charge in [-0.05, 0) is 38.5 Å². The zero-order valence-corrected chi connectivity index (χ0v) is 12.9. The quantitative estimate of drug-likeness (QED) is 0.858. The van der Waals surface area contributed by atoms with Crippen LogP contribution in [0.25, 0.3) is 0 Å². The lowest BCUT2D eigenvalue weighted by molar-refractivity contribution is 0.0600. The first-order valence-corrected chi connectivity index (χ1v) is 6.97. The van der Waals surface area contributed by atoms with Crippen LogP contribution in [0.1, 0.15) is 41.4 Å². The van der Waals surface area contributed by atoms with E-state index in [1.54, 1.807) is 6.07 Å². The minimum absolute atomic E-state index is 0.316. The molecule has 0 fully saturated rings. The number of carbonyl (C=O) groups is 1. The van der Waals surface area contributed by atoms with Crippen LogP contribution in [-0.2, 0) is 11.3 Å². The Bertz CT molecular complexity index is 632. The number of methoxy groups -OCH3 is 1. The minimum atomic E-state index is -0.316. The van der Waals surface area contributed by atoms with Gasteiger partial charge >= 0.3 is 5.97 Å². The molecule has 21 heavy (non-hydrogen) atoms. The van der Waals surface area contributed by atoms with E-state index in [-0.39, 0.29) is 5.97 Å². The topological polar surface area (TPSA) is 56.1 Å². The normalized spacial score (nSPS) is 10.7. The largest absolute Gasteiger partial charge is 0.465 e. The van der Waals surface area contributed by atoms with E-state index in [9.17, 15) is 4.79 Å². The Labute approximate surface area is 124 Å². The molecule has 112 valence electrons. The van der Waals surface area contributed by atoms with Crippen molar-refractivity contribution in [3.8, 4) is 0 Å². The zero-order chi connectivity index (χ0) is 15.4. The average Bonchev–Trinajstić information content (AvgIpc) is 2.94. The number of hydrogen-bond acceptors (Lipinski definition) is 4. The SMILES string of the molecule is COC(=O)c1cccc(NCc2cnn(C(C)C)c2)c1C. The van der Waals surface area contributed by atoms with E-state index in [4.69, 9.17) is 4.74 Å². The summed E-state index contributed by atoms with van der Waals surface area (Å²) in [7, 11) is 1.39. The van der Waals surface area contributed by atoms with E-state index in [2.05, 4.69) is 24.3 Å². The van der Waals surface area contributed by atoms with Crippen LogP contribution >= 0.6 is 0 Å². The van der Waals surface area contributed by atoms with Crippen molar-refractivity contribution in [2.24, 2.45) is 0 Å². The summed E-state index contributed by atoms with van der Waals surface area (Å²) < 4.78 is 6.71. The first-order chi connectivity index (χ1) is 10.0. The summed E-state index contributed by atoms with van der Waals surface area (Å²) in [5.74, 6) is -0.316. The maximum Gasteiger partial charge on any atom is 0.338 e. The Kier molecular flexibility index (Phi) is 4.62. The van der Waals surface area contributed by atoms with Crippen molar-refractivity contribution in [1.29, 1.82) is 0 Å². The van der Waals surface area contributed by atoms with Gasteiger partial charge in [-0.1, -0.05) is 6.07 Å². The second-order valence-electron chi connectivity index (χ2n) is 5.25. The first-order valence-electron chi connectivity index (χ1n) is 6.97. The molecule has 5 nitrogen and oxygen atoms in total. The minimum Gasteiger partial charge on any atom is -0.465 e. The van der Waals surface area contributed by atoms with Gasteiger partial charge in [0.15, 0.2) is 0 Å². The van der Waals surface area contributed by atoms with E-state index >= 15 is 0 Å². The Morgan fingerprint density at radius 3 is 2.81 bits per heavy atom. The smallest absolute Gasteiger partial charge is 0.338 e. The molecule has 0 spiro atoms. The van der Waals surface area contributed by atoms with Gasteiger partial charge in [-0.15, -0.1) is 0 Å². The summed E-state index contributed by atoms with van der Waals surface area (Å²) in [4.78, 5) is 11.7. The third-order valence-corrected chi connectivity index (χ3v) is 3.41. The molecule has 0 bridgehead atoms. The van der Waals surface area contributed by atoms with Crippen LogP contribution in [0.3, 0.4) is 0 Å². The number of anilines is 1. The summed E-state index contributed by atoms with van der Waals surface area (Å²) in [6.45, 7) is 6.76. The summed E-state index contributed by atoms with van der Waals surface area (Å²) in [6.07, 6.45) is 3.88. The van der Waals surface area contributed by atoms with E-state index < -0.39 is 0 Å². The number of carbonyl (C=O) groups excluding carboxylic acids is 1. The van der Waals surface area contributed by atoms with Crippen LogP contribution in [0.15, 0.2) is 30.6 Å². The molecule has 0 aliphatic rings. The molecule has 0 saturated carbocycles. The number of benzene rings is 1. The molecule has 0 atom stereocenters. The number of nitrogens with one attached hydrogen (secondary N) is 1. The average molecular weight is 287 g/mol. The molecule has 1 aromatic carbocycles. The summed E-state index contributed by atoms with van der Waals surface area (Å²) in [6, 6.07) is 5.92. The number of rotatable bonds is 5. The fraction of sp³-hybridized carbons (Fsp3) is 0.375. The molecular weight excluding hydrogens is 266 g/mol. The maximum atomic E-state index is 11.7.